The van der Waals surface area contributed by atoms with Gasteiger partial charge in [0.05, 0.1) is 6.54 Å². The number of nitrogens with zero attached hydrogens (tertiary/aromatic N) is 1. The van der Waals surface area contributed by atoms with Gasteiger partial charge in [0.2, 0.25) is 0 Å². The second-order valence-corrected chi connectivity index (χ2v) is 5.43. The summed E-state index contributed by atoms with van der Waals surface area (Å²) in [6, 6.07) is 4.58. The molecule has 18 heavy (non-hydrogen) atoms. The largest absolute Gasteiger partial charge is 0.302 e. The Kier molecular flexibility index (Phi) is 2.97. The number of hydrogen-bond acceptors (Lipinski definition) is 1. The van der Waals surface area contributed by atoms with Crippen LogP contribution in [0.3, 0.4) is 0 Å². The van der Waals surface area contributed by atoms with Gasteiger partial charge < -0.3 is 4.90 Å². The summed E-state index contributed by atoms with van der Waals surface area (Å²) in [6.45, 7) is 5.61. The lowest BCUT2D eigenvalue weighted by Gasteiger charge is -2.22. The zero-order chi connectivity index (χ0) is 13.5. The summed E-state index contributed by atoms with van der Waals surface area (Å²) in [5, 5.41) is 0. The van der Waals surface area contributed by atoms with Gasteiger partial charge in [-0.3, -0.25) is 4.79 Å². The highest BCUT2D eigenvalue weighted by molar-refractivity contribution is 6.04. The maximum absolute atomic E-state index is 14.0. The van der Waals surface area contributed by atoms with E-state index in [1.807, 2.05) is 20.8 Å². The molecule has 0 aromatic heterocycles. The Labute approximate surface area is 105 Å². The molecule has 0 unspecified atom stereocenters. The molecular formula is C14H15F2NO. The molecule has 1 amide bonds. The predicted octanol–water partition coefficient (Wildman–Crippen LogP) is 3.32. The molecule has 1 heterocycles. The third-order valence-corrected chi connectivity index (χ3v) is 2.93. The molecule has 4 heteroatoms. The fourth-order valence-electron chi connectivity index (χ4n) is 1.99. The lowest BCUT2D eigenvalue weighted by atomic mass is 9.86. The fourth-order valence-corrected chi connectivity index (χ4v) is 1.99. The van der Waals surface area contributed by atoms with Gasteiger partial charge in [-0.25, -0.2) is 8.78 Å². The van der Waals surface area contributed by atoms with Gasteiger partial charge in [0.25, 0.3) is 5.91 Å². The lowest BCUT2D eigenvalue weighted by Crippen LogP contribution is -2.25. The van der Waals surface area contributed by atoms with Crippen LogP contribution < -0.4 is 4.90 Å². The Morgan fingerprint density at radius 3 is 2.33 bits per heavy atom. The van der Waals surface area contributed by atoms with Crippen LogP contribution in [0.15, 0.2) is 30.1 Å². The van der Waals surface area contributed by atoms with Crippen molar-refractivity contribution in [2.45, 2.75) is 26.2 Å². The van der Waals surface area contributed by atoms with Crippen LogP contribution >= 0.6 is 0 Å². The summed E-state index contributed by atoms with van der Waals surface area (Å²) in [5.41, 5.74) is 0.655. The molecule has 1 aromatic carbocycles. The molecule has 1 aromatic rings. The molecule has 96 valence electrons. The van der Waals surface area contributed by atoms with E-state index in [0.717, 1.165) is 6.08 Å². The summed E-state index contributed by atoms with van der Waals surface area (Å²) < 4.78 is 27.0. The van der Waals surface area contributed by atoms with Crippen LogP contribution in [-0.2, 0) is 10.2 Å². The topological polar surface area (TPSA) is 20.3 Å². The molecular weight excluding hydrogens is 236 g/mol. The maximum Gasteiger partial charge on any atom is 0.254 e. The molecule has 0 N–H and O–H groups in total. The molecule has 0 fully saturated rings. The molecule has 2 nitrogen and oxygen atoms in total. The van der Waals surface area contributed by atoms with Crippen LogP contribution in [-0.4, -0.2) is 12.5 Å². The van der Waals surface area contributed by atoms with Crippen LogP contribution in [0.25, 0.3) is 0 Å². The summed E-state index contributed by atoms with van der Waals surface area (Å²) in [5.74, 6) is -1.32. The normalized spacial score (nSPS) is 16.2. The molecule has 0 saturated carbocycles. The molecule has 0 aliphatic carbocycles. The van der Waals surface area contributed by atoms with Crippen molar-refractivity contribution in [3.8, 4) is 0 Å². The van der Waals surface area contributed by atoms with Gasteiger partial charge in [-0.2, -0.15) is 0 Å². The van der Waals surface area contributed by atoms with Crippen molar-refractivity contribution < 1.29 is 13.6 Å². The number of benzene rings is 1. The van der Waals surface area contributed by atoms with Crippen molar-refractivity contribution in [3.63, 3.8) is 0 Å². The monoisotopic (exact) mass is 251 g/mol. The third kappa shape index (κ3) is 2.28. The van der Waals surface area contributed by atoms with Crippen molar-refractivity contribution in [2.24, 2.45) is 0 Å². The van der Waals surface area contributed by atoms with Crippen LogP contribution in [0, 0.1) is 5.82 Å². The quantitative estimate of drug-likeness (QED) is 0.749. The zero-order valence-corrected chi connectivity index (χ0v) is 10.6. The first-order valence-corrected chi connectivity index (χ1v) is 5.76. The predicted molar refractivity (Wildman–Crippen MR) is 66.6 cm³/mol. The summed E-state index contributed by atoms with van der Waals surface area (Å²) in [4.78, 5) is 12.7. The van der Waals surface area contributed by atoms with E-state index >= 15 is 0 Å². The van der Waals surface area contributed by atoms with Crippen LogP contribution in [0.4, 0.5) is 14.5 Å². The van der Waals surface area contributed by atoms with E-state index in [2.05, 4.69) is 0 Å². The van der Waals surface area contributed by atoms with Gasteiger partial charge in [-0.05, 0) is 23.1 Å². The highest BCUT2D eigenvalue weighted by Gasteiger charge is 2.25. The number of carbonyl (C=O) groups is 1. The number of carbonyl (C=O) groups excluding carboxylic acids is 1. The van der Waals surface area contributed by atoms with E-state index < -0.39 is 11.7 Å². The minimum Gasteiger partial charge on any atom is -0.302 e. The van der Waals surface area contributed by atoms with E-state index in [1.165, 1.54) is 11.0 Å². The van der Waals surface area contributed by atoms with Crippen LogP contribution in [0.2, 0.25) is 0 Å². The highest BCUT2D eigenvalue weighted by atomic mass is 19.1. The highest BCUT2D eigenvalue weighted by Crippen LogP contribution is 2.29. The van der Waals surface area contributed by atoms with E-state index in [4.69, 9.17) is 0 Å². The summed E-state index contributed by atoms with van der Waals surface area (Å²) in [6.07, 6.45) is 0.926. The van der Waals surface area contributed by atoms with E-state index in [9.17, 15) is 13.6 Å². The molecule has 0 bridgehead atoms. The fraction of sp³-hybridized carbons (Fsp3) is 0.357. The Morgan fingerprint density at radius 1 is 1.22 bits per heavy atom. The lowest BCUT2D eigenvalue weighted by molar-refractivity contribution is -0.113. The number of halogens is 2. The molecule has 1 aliphatic heterocycles. The summed E-state index contributed by atoms with van der Waals surface area (Å²) in [7, 11) is 0. The van der Waals surface area contributed by atoms with Gasteiger partial charge in [-0.1, -0.05) is 26.8 Å². The molecule has 2 rings (SSSR count). The van der Waals surface area contributed by atoms with Gasteiger partial charge in [-0.15, -0.1) is 0 Å². The number of anilines is 1. The average Bonchev–Trinajstić information content (AvgIpc) is 2.55. The summed E-state index contributed by atoms with van der Waals surface area (Å²) >= 11 is 0. The van der Waals surface area contributed by atoms with E-state index in [1.54, 1.807) is 12.1 Å². The Balaban J connectivity index is 2.34. The van der Waals surface area contributed by atoms with E-state index in [0.29, 0.717) is 11.3 Å². The van der Waals surface area contributed by atoms with Gasteiger partial charge >= 0.3 is 0 Å². The first-order chi connectivity index (χ1) is 8.29. The molecule has 0 atom stereocenters. The number of rotatable bonds is 1. The average molecular weight is 251 g/mol. The third-order valence-electron chi connectivity index (χ3n) is 2.93. The van der Waals surface area contributed by atoms with Crippen molar-refractivity contribution in [1.82, 2.24) is 0 Å². The minimum absolute atomic E-state index is 0.118. The molecule has 0 spiro atoms. The van der Waals surface area contributed by atoms with Crippen molar-refractivity contribution >= 4 is 11.6 Å². The van der Waals surface area contributed by atoms with Crippen molar-refractivity contribution in [3.05, 3.63) is 41.5 Å². The molecule has 0 radical (unpaired) electrons. The van der Waals surface area contributed by atoms with Crippen molar-refractivity contribution in [2.75, 3.05) is 11.4 Å². The maximum atomic E-state index is 14.0. The van der Waals surface area contributed by atoms with Crippen LogP contribution in [0.1, 0.15) is 26.3 Å². The Hall–Kier alpha value is -1.71. The first-order valence-electron chi connectivity index (χ1n) is 5.76. The molecule has 0 saturated heterocycles. The SMILES string of the molecule is CC(C)(C)c1ccc(N2CC(F)=CC2=O)cc1F. The number of amides is 1. The van der Waals surface area contributed by atoms with Gasteiger partial charge in [0.1, 0.15) is 11.6 Å². The zero-order valence-electron chi connectivity index (χ0n) is 10.6. The minimum atomic E-state index is -0.500. The van der Waals surface area contributed by atoms with Crippen LogP contribution in [0.5, 0.6) is 0 Å². The Morgan fingerprint density at radius 2 is 1.89 bits per heavy atom. The van der Waals surface area contributed by atoms with Crippen molar-refractivity contribution in [1.29, 1.82) is 0 Å². The van der Waals surface area contributed by atoms with Gasteiger partial charge in [0.15, 0.2) is 0 Å². The molecule has 1 aliphatic rings. The number of hydrogen-bond donors (Lipinski definition) is 0. The smallest absolute Gasteiger partial charge is 0.254 e. The Bertz CT molecular complexity index is 529. The van der Waals surface area contributed by atoms with E-state index in [-0.39, 0.29) is 17.8 Å². The second-order valence-electron chi connectivity index (χ2n) is 5.43. The van der Waals surface area contributed by atoms with Gasteiger partial charge in [0, 0.05) is 11.8 Å². The second kappa shape index (κ2) is 4.19. The standard InChI is InChI=1S/C14H15F2NO/c1-14(2,3)11-5-4-10(7-12(11)16)17-8-9(15)6-13(17)18/h4-7H,8H2,1-3H3. The first kappa shape index (κ1) is 12.7.